The van der Waals surface area contributed by atoms with Gasteiger partial charge in [-0.25, -0.2) is 0 Å². The smallest absolute Gasteiger partial charge is 0.290 e. The van der Waals surface area contributed by atoms with Crippen molar-refractivity contribution in [3.8, 4) is 22.8 Å². The van der Waals surface area contributed by atoms with E-state index in [1.807, 2.05) is 37.3 Å². The van der Waals surface area contributed by atoms with Gasteiger partial charge < -0.3 is 28.6 Å². The molecule has 0 N–H and O–H groups in total. The zero-order chi connectivity index (χ0) is 24.8. The normalized spacial score (nSPS) is 13.5. The van der Waals surface area contributed by atoms with E-state index in [2.05, 4.69) is 15.1 Å². The largest absolute Gasteiger partial charge is 0.497 e. The number of methoxy groups -OCH3 is 2. The summed E-state index contributed by atoms with van der Waals surface area (Å²) in [7, 11) is 3.21. The fourth-order valence-corrected chi connectivity index (χ4v) is 3.98. The van der Waals surface area contributed by atoms with E-state index in [1.165, 1.54) is 11.2 Å². The Morgan fingerprint density at radius 3 is 2.43 bits per heavy atom. The molecule has 10 nitrogen and oxygen atoms in total. The van der Waals surface area contributed by atoms with Crippen LogP contribution >= 0.6 is 0 Å². The van der Waals surface area contributed by atoms with Crippen LogP contribution in [-0.2, 0) is 4.79 Å². The van der Waals surface area contributed by atoms with Crippen molar-refractivity contribution in [1.82, 2.24) is 20.0 Å². The van der Waals surface area contributed by atoms with Gasteiger partial charge in [0.2, 0.25) is 5.91 Å². The van der Waals surface area contributed by atoms with Gasteiger partial charge in [-0.2, -0.15) is 0 Å². The zero-order valence-electron chi connectivity index (χ0n) is 20.1. The summed E-state index contributed by atoms with van der Waals surface area (Å²) in [6.07, 6.45) is 1.45. The Morgan fingerprint density at radius 2 is 1.83 bits per heavy atom. The molecule has 1 aromatic carbocycles. The number of benzene rings is 1. The first-order chi connectivity index (χ1) is 17.0. The van der Waals surface area contributed by atoms with E-state index in [-0.39, 0.29) is 24.1 Å². The number of ether oxygens (including phenoxy) is 2. The first-order valence-corrected chi connectivity index (χ1v) is 11.5. The lowest BCUT2D eigenvalue weighted by atomic mass is 10.1. The SMILES string of the molecule is CCN(CC(=O)N1CCN(c2ccc(-c3ccc(OC)cc3OC)nn2)CC1)C(=O)c1ccco1. The number of likely N-dealkylation sites (N-methyl/N-ethyl adjacent to an activating group) is 1. The lowest BCUT2D eigenvalue weighted by Crippen LogP contribution is -2.52. The average molecular weight is 480 g/mol. The molecule has 35 heavy (non-hydrogen) atoms. The number of hydrogen-bond acceptors (Lipinski definition) is 8. The summed E-state index contributed by atoms with van der Waals surface area (Å²) in [6.45, 7) is 4.63. The molecule has 0 atom stereocenters. The van der Waals surface area contributed by atoms with Crippen LogP contribution in [0.3, 0.4) is 0 Å². The van der Waals surface area contributed by atoms with Crippen LogP contribution in [-0.4, -0.2) is 85.3 Å². The summed E-state index contributed by atoms with van der Waals surface area (Å²) in [5, 5.41) is 8.79. The Morgan fingerprint density at radius 1 is 1.03 bits per heavy atom. The van der Waals surface area contributed by atoms with Gasteiger partial charge in [-0.3, -0.25) is 9.59 Å². The Bertz CT molecular complexity index is 1140. The molecule has 1 saturated heterocycles. The van der Waals surface area contributed by atoms with Crippen LogP contribution in [0.15, 0.2) is 53.1 Å². The summed E-state index contributed by atoms with van der Waals surface area (Å²) in [4.78, 5) is 30.7. The number of carbonyl (C=O) groups excluding carboxylic acids is 2. The maximum absolute atomic E-state index is 12.8. The number of aromatic nitrogens is 2. The third-order valence-corrected chi connectivity index (χ3v) is 6.02. The second kappa shape index (κ2) is 10.9. The summed E-state index contributed by atoms with van der Waals surface area (Å²) < 4.78 is 15.9. The molecule has 0 saturated carbocycles. The van der Waals surface area contributed by atoms with E-state index in [0.29, 0.717) is 49.9 Å². The highest BCUT2D eigenvalue weighted by molar-refractivity contribution is 5.94. The van der Waals surface area contributed by atoms with Crippen LogP contribution in [0.4, 0.5) is 5.82 Å². The topological polar surface area (TPSA) is 101 Å². The van der Waals surface area contributed by atoms with Gasteiger partial charge in [-0.15, -0.1) is 10.2 Å². The Kier molecular flexibility index (Phi) is 7.49. The molecule has 0 bridgehead atoms. The second-order valence-electron chi connectivity index (χ2n) is 8.01. The Hall–Kier alpha value is -4.08. The number of rotatable bonds is 8. The van der Waals surface area contributed by atoms with E-state index >= 15 is 0 Å². The summed E-state index contributed by atoms with van der Waals surface area (Å²) in [6, 6.07) is 12.6. The van der Waals surface area contributed by atoms with Crippen molar-refractivity contribution in [2.45, 2.75) is 6.92 Å². The molecule has 3 aromatic rings. The first kappa shape index (κ1) is 24.1. The molecule has 1 aliphatic rings. The van der Waals surface area contributed by atoms with Gasteiger partial charge in [0.05, 0.1) is 26.2 Å². The van der Waals surface area contributed by atoms with E-state index in [9.17, 15) is 9.59 Å². The minimum atomic E-state index is -0.284. The van der Waals surface area contributed by atoms with Gasteiger partial charge >= 0.3 is 0 Å². The minimum Gasteiger partial charge on any atom is -0.497 e. The molecule has 2 aromatic heterocycles. The number of anilines is 1. The number of amides is 2. The molecule has 1 aliphatic heterocycles. The van der Waals surface area contributed by atoms with Crippen molar-refractivity contribution in [2.24, 2.45) is 0 Å². The molecule has 3 heterocycles. The maximum atomic E-state index is 12.8. The van der Waals surface area contributed by atoms with Crippen molar-refractivity contribution >= 4 is 17.6 Å². The Balaban J connectivity index is 1.35. The number of furan rings is 1. The maximum Gasteiger partial charge on any atom is 0.290 e. The molecule has 0 aliphatic carbocycles. The van der Waals surface area contributed by atoms with E-state index in [1.54, 1.807) is 31.3 Å². The summed E-state index contributed by atoms with van der Waals surface area (Å²) >= 11 is 0. The van der Waals surface area contributed by atoms with Gasteiger partial charge in [-0.1, -0.05) is 0 Å². The number of carbonyl (C=O) groups is 2. The highest BCUT2D eigenvalue weighted by atomic mass is 16.5. The third kappa shape index (κ3) is 5.37. The van der Waals surface area contributed by atoms with Crippen LogP contribution in [0.25, 0.3) is 11.3 Å². The molecule has 10 heteroatoms. The quantitative estimate of drug-likeness (QED) is 0.486. The molecule has 1 fully saturated rings. The van der Waals surface area contributed by atoms with Crippen LogP contribution in [0.2, 0.25) is 0 Å². The number of piperazine rings is 1. The lowest BCUT2D eigenvalue weighted by Gasteiger charge is -2.36. The molecule has 0 unspecified atom stereocenters. The predicted octanol–water partition coefficient (Wildman–Crippen LogP) is 2.56. The van der Waals surface area contributed by atoms with E-state index in [0.717, 1.165) is 11.4 Å². The van der Waals surface area contributed by atoms with Crippen molar-refractivity contribution in [3.63, 3.8) is 0 Å². The van der Waals surface area contributed by atoms with Crippen LogP contribution < -0.4 is 14.4 Å². The van der Waals surface area contributed by atoms with Crippen molar-refractivity contribution in [1.29, 1.82) is 0 Å². The molecular weight excluding hydrogens is 450 g/mol. The zero-order valence-corrected chi connectivity index (χ0v) is 20.1. The van der Waals surface area contributed by atoms with Gasteiger partial charge in [0.1, 0.15) is 18.0 Å². The molecule has 2 amide bonds. The fourth-order valence-electron chi connectivity index (χ4n) is 3.98. The highest BCUT2D eigenvalue weighted by Crippen LogP contribution is 2.32. The fraction of sp³-hybridized carbons (Fsp3) is 0.360. The summed E-state index contributed by atoms with van der Waals surface area (Å²) in [5.41, 5.74) is 1.52. The standard InChI is InChI=1S/C25H29N5O5/c1-4-28(25(32)21-6-5-15-35-21)17-24(31)30-13-11-29(12-14-30)23-10-9-20(26-27-23)19-8-7-18(33-2)16-22(19)34-3/h5-10,15-16H,4,11-14,17H2,1-3H3. The average Bonchev–Trinajstić information content (AvgIpc) is 3.46. The van der Waals surface area contributed by atoms with Gasteiger partial charge in [-0.05, 0) is 43.3 Å². The third-order valence-electron chi connectivity index (χ3n) is 6.02. The van der Waals surface area contributed by atoms with Gasteiger partial charge in [0.15, 0.2) is 11.6 Å². The van der Waals surface area contributed by atoms with Gasteiger partial charge in [0.25, 0.3) is 5.91 Å². The molecule has 4 rings (SSSR count). The van der Waals surface area contributed by atoms with Gasteiger partial charge in [0, 0.05) is 44.4 Å². The number of hydrogen-bond donors (Lipinski definition) is 0. The highest BCUT2D eigenvalue weighted by Gasteiger charge is 2.26. The monoisotopic (exact) mass is 479 g/mol. The van der Waals surface area contributed by atoms with Crippen molar-refractivity contribution in [3.05, 3.63) is 54.5 Å². The summed E-state index contributed by atoms with van der Waals surface area (Å²) in [5.74, 6) is 1.98. The molecule has 0 spiro atoms. The van der Waals surface area contributed by atoms with Crippen LogP contribution in [0.1, 0.15) is 17.5 Å². The molecule has 184 valence electrons. The van der Waals surface area contributed by atoms with Crippen molar-refractivity contribution < 1.29 is 23.5 Å². The molecular formula is C25H29N5O5. The molecule has 0 radical (unpaired) electrons. The minimum absolute atomic E-state index is 0.0221. The van der Waals surface area contributed by atoms with Crippen LogP contribution in [0.5, 0.6) is 11.5 Å². The van der Waals surface area contributed by atoms with Crippen molar-refractivity contribution in [2.75, 3.05) is 58.4 Å². The second-order valence-corrected chi connectivity index (χ2v) is 8.01. The van der Waals surface area contributed by atoms with Crippen LogP contribution in [0, 0.1) is 0 Å². The first-order valence-electron chi connectivity index (χ1n) is 11.5. The van der Waals surface area contributed by atoms with E-state index in [4.69, 9.17) is 13.9 Å². The van der Waals surface area contributed by atoms with E-state index < -0.39 is 0 Å². The number of nitrogens with zero attached hydrogens (tertiary/aromatic N) is 5. The Labute approximate surface area is 204 Å². The lowest BCUT2D eigenvalue weighted by molar-refractivity contribution is -0.132. The predicted molar refractivity (Wildman–Crippen MR) is 130 cm³/mol.